The van der Waals surface area contributed by atoms with Crippen LogP contribution in [-0.4, -0.2) is 42.8 Å². The van der Waals surface area contributed by atoms with Crippen molar-refractivity contribution >= 4 is 0 Å². The van der Waals surface area contributed by atoms with E-state index in [9.17, 15) is 13.2 Å². The van der Waals surface area contributed by atoms with Crippen LogP contribution in [0.5, 0.6) is 0 Å². The fraction of sp³-hybridized carbons (Fsp3) is 1.00. The SMILES string of the molecule is FC(F)(F)C1CCC(N2CCCC(C3CCCN3)C2)CC1. The summed E-state index contributed by atoms with van der Waals surface area (Å²) >= 11 is 0. The first-order valence-electron chi connectivity index (χ1n) is 8.58. The van der Waals surface area contributed by atoms with Gasteiger partial charge in [-0.25, -0.2) is 0 Å². The van der Waals surface area contributed by atoms with E-state index in [1.165, 1.54) is 25.7 Å². The molecule has 0 aromatic rings. The van der Waals surface area contributed by atoms with Crippen LogP contribution in [0.3, 0.4) is 0 Å². The molecule has 0 aromatic heterocycles. The largest absolute Gasteiger partial charge is 0.391 e. The number of nitrogens with one attached hydrogen (secondary N) is 1. The second-order valence-corrected chi connectivity index (χ2v) is 7.15. The smallest absolute Gasteiger partial charge is 0.314 e. The first kappa shape index (κ1) is 15.6. The molecule has 0 amide bonds. The number of hydrogen-bond acceptors (Lipinski definition) is 2. The van der Waals surface area contributed by atoms with Gasteiger partial charge in [0.25, 0.3) is 0 Å². The van der Waals surface area contributed by atoms with E-state index >= 15 is 0 Å². The molecular formula is C16H27F3N2. The third-order valence-electron chi connectivity index (χ3n) is 5.83. The van der Waals surface area contributed by atoms with Gasteiger partial charge >= 0.3 is 6.18 Å². The summed E-state index contributed by atoms with van der Waals surface area (Å²) in [6.45, 7) is 3.32. The predicted octanol–water partition coefficient (Wildman–Crippen LogP) is 3.57. The van der Waals surface area contributed by atoms with Crippen molar-refractivity contribution in [2.45, 2.75) is 69.6 Å². The van der Waals surface area contributed by atoms with E-state index in [1.807, 2.05) is 0 Å². The monoisotopic (exact) mass is 304 g/mol. The van der Waals surface area contributed by atoms with Crippen LogP contribution in [0.15, 0.2) is 0 Å². The number of nitrogens with zero attached hydrogens (tertiary/aromatic N) is 1. The molecule has 1 saturated carbocycles. The second-order valence-electron chi connectivity index (χ2n) is 7.15. The summed E-state index contributed by atoms with van der Waals surface area (Å²) in [5.41, 5.74) is 0. The maximum atomic E-state index is 12.8. The van der Waals surface area contributed by atoms with Crippen LogP contribution in [0, 0.1) is 11.8 Å². The maximum absolute atomic E-state index is 12.8. The lowest BCUT2D eigenvalue weighted by Crippen LogP contribution is -2.49. The van der Waals surface area contributed by atoms with E-state index in [-0.39, 0.29) is 0 Å². The third kappa shape index (κ3) is 3.73. The zero-order chi connectivity index (χ0) is 14.9. The van der Waals surface area contributed by atoms with Crippen molar-refractivity contribution in [1.82, 2.24) is 10.2 Å². The van der Waals surface area contributed by atoms with Crippen LogP contribution in [0.2, 0.25) is 0 Å². The maximum Gasteiger partial charge on any atom is 0.391 e. The number of halogens is 3. The normalized spacial score (nSPS) is 39.6. The van der Waals surface area contributed by atoms with E-state index in [4.69, 9.17) is 0 Å². The van der Waals surface area contributed by atoms with Gasteiger partial charge in [0, 0.05) is 18.6 Å². The summed E-state index contributed by atoms with van der Waals surface area (Å²) in [4.78, 5) is 2.50. The molecule has 3 rings (SSSR count). The summed E-state index contributed by atoms with van der Waals surface area (Å²) < 4.78 is 38.3. The Kier molecular flexibility index (Phi) is 4.79. The van der Waals surface area contributed by atoms with Crippen LogP contribution < -0.4 is 5.32 Å². The topological polar surface area (TPSA) is 15.3 Å². The summed E-state index contributed by atoms with van der Waals surface area (Å²) in [6, 6.07) is 1.05. The van der Waals surface area contributed by atoms with Gasteiger partial charge in [-0.1, -0.05) is 0 Å². The van der Waals surface area contributed by atoms with Gasteiger partial charge in [-0.3, -0.25) is 0 Å². The zero-order valence-electron chi connectivity index (χ0n) is 12.7. The van der Waals surface area contributed by atoms with Crippen molar-refractivity contribution < 1.29 is 13.2 Å². The van der Waals surface area contributed by atoms with Crippen LogP contribution >= 0.6 is 0 Å². The Morgan fingerprint density at radius 3 is 2.29 bits per heavy atom. The molecular weight excluding hydrogens is 277 g/mol. The van der Waals surface area contributed by atoms with E-state index in [2.05, 4.69) is 10.2 Å². The van der Waals surface area contributed by atoms with Gasteiger partial charge in [-0.15, -0.1) is 0 Å². The molecule has 0 spiro atoms. The van der Waals surface area contributed by atoms with Crippen molar-refractivity contribution in [3.05, 3.63) is 0 Å². The number of rotatable bonds is 2. The standard InChI is InChI=1S/C16H27F3N2/c17-16(18,19)13-5-7-14(8-6-13)21-10-2-3-12(11-21)15-4-1-9-20-15/h12-15,20H,1-11H2. The summed E-state index contributed by atoms with van der Waals surface area (Å²) in [6.07, 6.45) is 3.19. The van der Waals surface area contributed by atoms with Gasteiger partial charge < -0.3 is 10.2 Å². The highest BCUT2D eigenvalue weighted by atomic mass is 19.4. The van der Waals surface area contributed by atoms with Crippen LogP contribution in [-0.2, 0) is 0 Å². The second kappa shape index (κ2) is 6.45. The Bertz CT molecular complexity index is 331. The number of likely N-dealkylation sites (tertiary alicyclic amines) is 1. The Morgan fingerprint density at radius 2 is 1.67 bits per heavy atom. The minimum Gasteiger partial charge on any atom is -0.314 e. The van der Waals surface area contributed by atoms with E-state index in [0.29, 0.717) is 30.8 Å². The molecule has 3 aliphatic rings. The van der Waals surface area contributed by atoms with Gasteiger partial charge in [0.15, 0.2) is 0 Å². The molecule has 5 heteroatoms. The fourth-order valence-electron chi connectivity index (χ4n) is 4.58. The number of hydrogen-bond donors (Lipinski definition) is 1. The molecule has 2 unspecified atom stereocenters. The van der Waals surface area contributed by atoms with Crippen LogP contribution in [0.25, 0.3) is 0 Å². The Labute approximate surface area is 125 Å². The lowest BCUT2D eigenvalue weighted by atomic mass is 9.82. The molecule has 2 atom stereocenters. The van der Waals surface area contributed by atoms with Crippen molar-refractivity contribution in [2.24, 2.45) is 11.8 Å². The van der Waals surface area contributed by atoms with Crippen LogP contribution in [0.1, 0.15) is 51.4 Å². The van der Waals surface area contributed by atoms with Gasteiger partial charge in [0.2, 0.25) is 0 Å². The molecule has 1 aliphatic carbocycles. The number of alkyl halides is 3. The molecule has 0 radical (unpaired) electrons. The van der Waals surface area contributed by atoms with Crippen molar-refractivity contribution in [3.63, 3.8) is 0 Å². The van der Waals surface area contributed by atoms with E-state index < -0.39 is 12.1 Å². The molecule has 0 bridgehead atoms. The highest BCUT2D eigenvalue weighted by molar-refractivity contribution is 4.90. The molecule has 2 saturated heterocycles. The highest BCUT2D eigenvalue weighted by Gasteiger charge is 2.42. The quantitative estimate of drug-likeness (QED) is 0.839. The average molecular weight is 304 g/mol. The third-order valence-corrected chi connectivity index (χ3v) is 5.83. The molecule has 1 N–H and O–H groups in total. The van der Waals surface area contributed by atoms with Gasteiger partial charge in [0.05, 0.1) is 5.92 Å². The molecule has 2 aliphatic heterocycles. The molecule has 21 heavy (non-hydrogen) atoms. The minimum absolute atomic E-state index is 0.330. The van der Waals surface area contributed by atoms with E-state index in [1.54, 1.807) is 0 Å². The van der Waals surface area contributed by atoms with Crippen molar-refractivity contribution in [3.8, 4) is 0 Å². The molecule has 3 fully saturated rings. The zero-order valence-corrected chi connectivity index (χ0v) is 12.7. The molecule has 0 aromatic carbocycles. The molecule has 2 nitrogen and oxygen atoms in total. The molecule has 122 valence electrons. The van der Waals surface area contributed by atoms with Gasteiger partial charge in [-0.2, -0.15) is 13.2 Å². The number of piperidine rings is 1. The average Bonchev–Trinajstić information content (AvgIpc) is 3.01. The first-order chi connectivity index (χ1) is 10.0. The minimum atomic E-state index is -3.98. The van der Waals surface area contributed by atoms with Crippen molar-refractivity contribution in [2.75, 3.05) is 19.6 Å². The van der Waals surface area contributed by atoms with Gasteiger partial charge in [-0.05, 0) is 70.4 Å². The fourth-order valence-corrected chi connectivity index (χ4v) is 4.58. The van der Waals surface area contributed by atoms with E-state index in [0.717, 1.165) is 32.5 Å². The van der Waals surface area contributed by atoms with Gasteiger partial charge in [0.1, 0.15) is 0 Å². The lowest BCUT2D eigenvalue weighted by molar-refractivity contribution is -0.184. The van der Waals surface area contributed by atoms with Crippen LogP contribution in [0.4, 0.5) is 13.2 Å². The summed E-state index contributed by atoms with van der Waals surface area (Å²) in [5.74, 6) is -0.340. The highest BCUT2D eigenvalue weighted by Crippen LogP contribution is 2.39. The Hall–Kier alpha value is -0.290. The summed E-state index contributed by atoms with van der Waals surface area (Å²) in [5, 5.41) is 3.60. The lowest BCUT2D eigenvalue weighted by Gasteiger charge is -2.43. The predicted molar refractivity (Wildman–Crippen MR) is 77.1 cm³/mol. The molecule has 2 heterocycles. The Balaban J connectivity index is 1.50. The summed E-state index contributed by atoms with van der Waals surface area (Å²) in [7, 11) is 0. The van der Waals surface area contributed by atoms with Crippen molar-refractivity contribution in [1.29, 1.82) is 0 Å². The Morgan fingerprint density at radius 1 is 0.905 bits per heavy atom. The first-order valence-corrected chi connectivity index (χ1v) is 8.58.